The molecule has 2 aromatic rings. The number of rotatable bonds is 8. The lowest BCUT2D eigenvalue weighted by Gasteiger charge is -2.31. The predicted molar refractivity (Wildman–Crippen MR) is 121 cm³/mol. The van der Waals surface area contributed by atoms with E-state index in [4.69, 9.17) is 11.6 Å². The van der Waals surface area contributed by atoms with Crippen LogP contribution >= 0.6 is 23.4 Å². The smallest absolute Gasteiger partial charge is 0.242 e. The van der Waals surface area contributed by atoms with Crippen molar-refractivity contribution in [1.82, 2.24) is 10.2 Å². The van der Waals surface area contributed by atoms with E-state index in [-0.39, 0.29) is 17.4 Å². The number of halogens is 1. The van der Waals surface area contributed by atoms with Gasteiger partial charge >= 0.3 is 0 Å². The fraction of sp³-hybridized carbons (Fsp3) is 0.391. The van der Waals surface area contributed by atoms with Crippen LogP contribution in [0.1, 0.15) is 39.7 Å². The number of hydrogen-bond donors (Lipinski definition) is 1. The number of carbonyl (C=O) groups excluding carboxylic acids is 2. The molecule has 2 amide bonds. The molecule has 0 heterocycles. The molecule has 0 aliphatic rings. The summed E-state index contributed by atoms with van der Waals surface area (Å²) in [6.07, 6.45) is 0.344. The Balaban J connectivity index is 2.11. The number of nitrogens with one attached hydrogen (secondary N) is 1. The highest BCUT2D eigenvalue weighted by molar-refractivity contribution is 7.99. The summed E-state index contributed by atoms with van der Waals surface area (Å²) in [6, 6.07) is 16.8. The molecule has 4 nitrogen and oxygen atoms in total. The fourth-order valence-electron chi connectivity index (χ4n) is 2.78. The number of carbonyl (C=O) groups is 2. The third-order valence-electron chi connectivity index (χ3n) is 4.29. The number of hydrogen-bond acceptors (Lipinski definition) is 3. The van der Waals surface area contributed by atoms with E-state index in [1.165, 1.54) is 0 Å². The van der Waals surface area contributed by atoms with Crippen LogP contribution in [0.4, 0.5) is 0 Å². The van der Waals surface area contributed by atoms with Gasteiger partial charge in [-0.2, -0.15) is 0 Å². The molecule has 0 unspecified atom stereocenters. The van der Waals surface area contributed by atoms with Crippen LogP contribution in [0.2, 0.25) is 5.02 Å². The van der Waals surface area contributed by atoms with E-state index in [0.29, 0.717) is 23.7 Å². The molecule has 0 spiro atoms. The quantitative estimate of drug-likeness (QED) is 0.586. The van der Waals surface area contributed by atoms with Gasteiger partial charge in [-0.05, 0) is 51.5 Å². The first-order chi connectivity index (χ1) is 13.7. The van der Waals surface area contributed by atoms with Crippen LogP contribution in [0.3, 0.4) is 0 Å². The van der Waals surface area contributed by atoms with Crippen LogP contribution in [-0.4, -0.2) is 34.0 Å². The van der Waals surface area contributed by atoms with Crippen LogP contribution in [-0.2, 0) is 16.1 Å². The summed E-state index contributed by atoms with van der Waals surface area (Å²) in [7, 11) is 0. The summed E-state index contributed by atoms with van der Waals surface area (Å²) in [5, 5.41) is 3.56. The average Bonchev–Trinajstić information content (AvgIpc) is 2.66. The van der Waals surface area contributed by atoms with E-state index in [2.05, 4.69) is 5.32 Å². The van der Waals surface area contributed by atoms with Crippen molar-refractivity contribution in [3.63, 3.8) is 0 Å². The zero-order valence-electron chi connectivity index (χ0n) is 17.4. The van der Waals surface area contributed by atoms with Gasteiger partial charge in [-0.15, -0.1) is 11.8 Å². The minimum absolute atomic E-state index is 0.0649. The molecule has 156 valence electrons. The second-order valence-electron chi connectivity index (χ2n) is 7.94. The highest BCUT2D eigenvalue weighted by Gasteiger charge is 2.28. The SMILES string of the molecule is C[C@@H](C(=O)NC(C)(C)C)N(Cc1ccccc1Cl)C(=O)CCSc1ccccc1. The van der Waals surface area contributed by atoms with Gasteiger partial charge in [-0.1, -0.05) is 48.0 Å². The Morgan fingerprint density at radius 2 is 1.69 bits per heavy atom. The minimum atomic E-state index is -0.597. The molecule has 6 heteroatoms. The second-order valence-corrected chi connectivity index (χ2v) is 9.52. The van der Waals surface area contributed by atoms with E-state index in [9.17, 15) is 9.59 Å². The maximum atomic E-state index is 13.1. The van der Waals surface area contributed by atoms with Gasteiger partial charge in [-0.25, -0.2) is 0 Å². The summed E-state index contributed by atoms with van der Waals surface area (Å²) in [5.74, 6) is 0.411. The molecule has 0 bridgehead atoms. The topological polar surface area (TPSA) is 49.4 Å². The second kappa shape index (κ2) is 10.7. The monoisotopic (exact) mass is 432 g/mol. The normalized spacial score (nSPS) is 12.3. The van der Waals surface area contributed by atoms with E-state index in [1.54, 1.807) is 29.7 Å². The highest BCUT2D eigenvalue weighted by Crippen LogP contribution is 2.22. The molecule has 0 saturated carbocycles. The fourth-order valence-corrected chi connectivity index (χ4v) is 3.84. The number of amides is 2. The summed E-state index contributed by atoms with van der Waals surface area (Å²) >= 11 is 7.94. The molecular formula is C23H29ClN2O2S. The molecule has 29 heavy (non-hydrogen) atoms. The average molecular weight is 433 g/mol. The first-order valence-electron chi connectivity index (χ1n) is 9.70. The van der Waals surface area contributed by atoms with Crippen LogP contribution in [0, 0.1) is 0 Å². The summed E-state index contributed by atoms with van der Waals surface area (Å²) < 4.78 is 0. The van der Waals surface area contributed by atoms with Gasteiger partial charge in [-0.3, -0.25) is 9.59 Å². The Morgan fingerprint density at radius 3 is 2.31 bits per heavy atom. The molecule has 2 rings (SSSR count). The Hall–Kier alpha value is -1.98. The van der Waals surface area contributed by atoms with Crippen LogP contribution < -0.4 is 5.32 Å². The standard InChI is InChI=1S/C23H29ClN2O2S/c1-17(22(28)25-23(2,3)4)26(16-18-10-8-9-13-20(18)24)21(27)14-15-29-19-11-6-5-7-12-19/h5-13,17H,14-16H2,1-4H3,(H,25,28)/t17-/m0/s1. The molecule has 1 atom stereocenters. The largest absolute Gasteiger partial charge is 0.350 e. The van der Waals surface area contributed by atoms with Gasteiger partial charge in [0.1, 0.15) is 6.04 Å². The van der Waals surface area contributed by atoms with Crippen LogP contribution in [0.15, 0.2) is 59.5 Å². The van der Waals surface area contributed by atoms with Crippen molar-refractivity contribution in [2.45, 2.75) is 57.1 Å². The van der Waals surface area contributed by atoms with Crippen molar-refractivity contribution < 1.29 is 9.59 Å². The summed E-state index contributed by atoms with van der Waals surface area (Å²) in [4.78, 5) is 28.5. The Labute approximate surface area is 183 Å². The molecule has 2 aromatic carbocycles. The number of thioether (sulfide) groups is 1. The third-order valence-corrected chi connectivity index (χ3v) is 5.67. The van der Waals surface area contributed by atoms with E-state index in [1.807, 2.05) is 69.3 Å². The first kappa shape index (κ1) is 23.3. The molecule has 0 saturated heterocycles. The first-order valence-corrected chi connectivity index (χ1v) is 11.1. The Morgan fingerprint density at radius 1 is 1.07 bits per heavy atom. The third kappa shape index (κ3) is 7.75. The zero-order valence-corrected chi connectivity index (χ0v) is 19.0. The van der Waals surface area contributed by atoms with Crippen molar-refractivity contribution in [1.29, 1.82) is 0 Å². The lowest BCUT2D eigenvalue weighted by atomic mass is 10.1. The predicted octanol–water partition coefficient (Wildman–Crippen LogP) is 5.15. The maximum absolute atomic E-state index is 13.1. The van der Waals surface area contributed by atoms with Gasteiger partial charge in [0.2, 0.25) is 11.8 Å². The summed E-state index contributed by atoms with van der Waals surface area (Å²) in [5.41, 5.74) is 0.460. The zero-order chi connectivity index (χ0) is 21.4. The van der Waals surface area contributed by atoms with Crippen molar-refractivity contribution in [2.75, 3.05) is 5.75 Å². The van der Waals surface area contributed by atoms with Crippen molar-refractivity contribution in [2.24, 2.45) is 0 Å². The Kier molecular flexibility index (Phi) is 8.60. The van der Waals surface area contributed by atoms with E-state index >= 15 is 0 Å². The molecule has 0 aliphatic heterocycles. The van der Waals surface area contributed by atoms with Gasteiger partial charge in [0, 0.05) is 34.2 Å². The van der Waals surface area contributed by atoms with Crippen LogP contribution in [0.5, 0.6) is 0 Å². The molecule has 0 fully saturated rings. The maximum Gasteiger partial charge on any atom is 0.242 e. The van der Waals surface area contributed by atoms with Gasteiger partial charge < -0.3 is 10.2 Å². The molecule has 0 aromatic heterocycles. The van der Waals surface area contributed by atoms with Gasteiger partial charge in [0.15, 0.2) is 0 Å². The molecular weight excluding hydrogens is 404 g/mol. The van der Waals surface area contributed by atoms with Crippen LogP contribution in [0.25, 0.3) is 0 Å². The Bertz CT molecular complexity index is 821. The molecule has 1 N–H and O–H groups in total. The minimum Gasteiger partial charge on any atom is -0.350 e. The molecule has 0 radical (unpaired) electrons. The van der Waals surface area contributed by atoms with Crippen molar-refractivity contribution in [3.8, 4) is 0 Å². The van der Waals surface area contributed by atoms with Gasteiger partial charge in [0.05, 0.1) is 0 Å². The van der Waals surface area contributed by atoms with E-state index in [0.717, 1.165) is 10.5 Å². The number of benzene rings is 2. The highest BCUT2D eigenvalue weighted by atomic mass is 35.5. The lowest BCUT2D eigenvalue weighted by molar-refractivity contribution is -0.140. The molecule has 0 aliphatic carbocycles. The van der Waals surface area contributed by atoms with E-state index < -0.39 is 6.04 Å². The van der Waals surface area contributed by atoms with Crippen molar-refractivity contribution >= 4 is 35.2 Å². The lowest BCUT2D eigenvalue weighted by Crippen LogP contribution is -2.52. The van der Waals surface area contributed by atoms with Gasteiger partial charge in [0.25, 0.3) is 0 Å². The summed E-state index contributed by atoms with van der Waals surface area (Å²) in [6.45, 7) is 7.84. The number of nitrogens with zero attached hydrogens (tertiary/aromatic N) is 1. The van der Waals surface area contributed by atoms with Crippen molar-refractivity contribution in [3.05, 3.63) is 65.2 Å².